The lowest BCUT2D eigenvalue weighted by Gasteiger charge is -2.51. The van der Waals surface area contributed by atoms with E-state index in [0.29, 0.717) is 12.8 Å². The standard InChI is InChI=1S/C24H24F3NO3/c25-24(26,27)23(30)12-15-6-5-7-16(13-23)28(15)22(29)31-14-21-19-10-3-1-8-17(19)18-9-2-4-11-20(18)21/h1-4,8-11,15-16,21,30H,5-7,12-14H2. The Hall–Kier alpha value is -2.54. The maximum absolute atomic E-state index is 13.4. The van der Waals surface area contributed by atoms with Gasteiger partial charge in [-0.15, -0.1) is 0 Å². The van der Waals surface area contributed by atoms with E-state index in [1.165, 1.54) is 4.90 Å². The maximum atomic E-state index is 13.4. The molecule has 2 heterocycles. The Bertz CT molecular complexity index is 946. The molecule has 31 heavy (non-hydrogen) atoms. The van der Waals surface area contributed by atoms with Crippen molar-refractivity contribution in [3.8, 4) is 11.1 Å². The molecule has 2 unspecified atom stereocenters. The molecule has 0 spiro atoms. The smallest absolute Gasteiger partial charge is 0.417 e. The zero-order chi connectivity index (χ0) is 21.8. The van der Waals surface area contributed by atoms with E-state index >= 15 is 0 Å². The van der Waals surface area contributed by atoms with Crippen LogP contribution in [0.4, 0.5) is 18.0 Å². The van der Waals surface area contributed by atoms with Gasteiger partial charge in [0.25, 0.3) is 0 Å². The number of halogens is 3. The van der Waals surface area contributed by atoms with Crippen LogP contribution in [0.25, 0.3) is 11.1 Å². The van der Waals surface area contributed by atoms with E-state index in [1.54, 1.807) is 0 Å². The number of amides is 1. The van der Waals surface area contributed by atoms with Crippen LogP contribution < -0.4 is 0 Å². The van der Waals surface area contributed by atoms with Gasteiger partial charge < -0.3 is 14.7 Å². The monoisotopic (exact) mass is 431 g/mol. The second kappa shape index (κ2) is 7.26. The summed E-state index contributed by atoms with van der Waals surface area (Å²) in [5.74, 6) is -0.104. The Morgan fingerprint density at radius 2 is 1.52 bits per heavy atom. The van der Waals surface area contributed by atoms with Gasteiger partial charge in [0, 0.05) is 30.8 Å². The summed E-state index contributed by atoms with van der Waals surface area (Å²) in [5.41, 5.74) is 1.67. The Morgan fingerprint density at radius 3 is 2.03 bits per heavy atom. The molecule has 1 N–H and O–H groups in total. The molecule has 0 radical (unpaired) electrons. The largest absolute Gasteiger partial charge is 0.448 e. The van der Waals surface area contributed by atoms with E-state index in [0.717, 1.165) is 28.7 Å². The lowest BCUT2D eigenvalue weighted by molar-refractivity contribution is -0.284. The number of carbonyl (C=O) groups is 1. The van der Waals surface area contributed by atoms with Gasteiger partial charge in [-0.1, -0.05) is 48.5 Å². The van der Waals surface area contributed by atoms with Crippen molar-refractivity contribution in [3.05, 3.63) is 59.7 Å². The molecule has 2 aliphatic heterocycles. The van der Waals surface area contributed by atoms with Crippen molar-refractivity contribution in [2.45, 2.75) is 61.9 Å². The van der Waals surface area contributed by atoms with Crippen LogP contribution in [-0.4, -0.2) is 46.6 Å². The van der Waals surface area contributed by atoms with Crippen molar-refractivity contribution in [1.82, 2.24) is 4.90 Å². The number of fused-ring (bicyclic) bond motifs is 5. The molecule has 3 aliphatic rings. The molecule has 5 rings (SSSR count). The number of carbonyl (C=O) groups excluding carboxylic acids is 1. The average Bonchev–Trinajstić information content (AvgIpc) is 3.04. The summed E-state index contributed by atoms with van der Waals surface area (Å²) in [4.78, 5) is 14.4. The number of rotatable bonds is 2. The number of hydrogen-bond acceptors (Lipinski definition) is 3. The van der Waals surface area contributed by atoms with E-state index in [-0.39, 0.29) is 12.5 Å². The molecule has 4 nitrogen and oxygen atoms in total. The van der Waals surface area contributed by atoms with Gasteiger partial charge in [-0.25, -0.2) is 4.79 Å². The van der Waals surface area contributed by atoms with Crippen LogP contribution in [0, 0.1) is 0 Å². The molecule has 2 atom stereocenters. The van der Waals surface area contributed by atoms with Crippen LogP contribution in [-0.2, 0) is 4.74 Å². The second-order valence-electron chi connectivity index (χ2n) is 8.89. The van der Waals surface area contributed by atoms with Gasteiger partial charge in [0.05, 0.1) is 0 Å². The van der Waals surface area contributed by atoms with Gasteiger partial charge in [0.1, 0.15) is 6.61 Å². The molecule has 2 aromatic carbocycles. The van der Waals surface area contributed by atoms with Gasteiger partial charge in [-0.05, 0) is 41.5 Å². The van der Waals surface area contributed by atoms with E-state index < -0.39 is 42.8 Å². The second-order valence-corrected chi connectivity index (χ2v) is 8.89. The topological polar surface area (TPSA) is 49.8 Å². The Balaban J connectivity index is 1.34. The van der Waals surface area contributed by atoms with E-state index in [1.807, 2.05) is 48.5 Å². The molecular formula is C24H24F3NO3. The molecular weight excluding hydrogens is 407 g/mol. The molecule has 2 aromatic rings. The Morgan fingerprint density at radius 1 is 1.00 bits per heavy atom. The van der Waals surface area contributed by atoms with Crippen molar-refractivity contribution in [3.63, 3.8) is 0 Å². The van der Waals surface area contributed by atoms with Crippen LogP contribution in [0.5, 0.6) is 0 Å². The van der Waals surface area contributed by atoms with E-state index in [2.05, 4.69) is 0 Å². The predicted octanol–water partition coefficient (Wildman–Crippen LogP) is 5.25. The normalized spacial score (nSPS) is 27.5. The zero-order valence-electron chi connectivity index (χ0n) is 16.9. The number of aliphatic hydroxyl groups is 1. The molecule has 7 heteroatoms. The first-order chi connectivity index (χ1) is 14.8. The summed E-state index contributed by atoms with van der Waals surface area (Å²) in [5, 5.41) is 10.2. The molecule has 2 saturated heterocycles. The fraction of sp³-hybridized carbons (Fsp3) is 0.458. The fourth-order valence-electron chi connectivity index (χ4n) is 5.63. The Kier molecular flexibility index (Phi) is 4.77. The predicted molar refractivity (Wildman–Crippen MR) is 109 cm³/mol. The third-order valence-electron chi connectivity index (χ3n) is 7.08. The fourth-order valence-corrected chi connectivity index (χ4v) is 5.63. The van der Waals surface area contributed by atoms with Crippen molar-refractivity contribution in [2.75, 3.05) is 6.61 Å². The summed E-state index contributed by atoms with van der Waals surface area (Å²) in [6, 6.07) is 14.7. The van der Waals surface area contributed by atoms with Crippen molar-refractivity contribution < 1.29 is 27.8 Å². The van der Waals surface area contributed by atoms with Crippen LogP contribution in [0.3, 0.4) is 0 Å². The molecule has 1 amide bonds. The van der Waals surface area contributed by atoms with Gasteiger partial charge >= 0.3 is 12.3 Å². The quantitative estimate of drug-likeness (QED) is 0.707. The summed E-state index contributed by atoms with van der Waals surface area (Å²) in [6.45, 7) is 0.131. The summed E-state index contributed by atoms with van der Waals surface area (Å²) in [6.07, 6.45) is -4.63. The third kappa shape index (κ3) is 3.30. The minimum absolute atomic E-state index is 0.104. The van der Waals surface area contributed by atoms with Gasteiger partial charge in [0.2, 0.25) is 0 Å². The van der Waals surface area contributed by atoms with Gasteiger partial charge in [-0.3, -0.25) is 0 Å². The number of piperidine rings is 2. The molecule has 2 bridgehead atoms. The minimum atomic E-state index is -4.70. The average molecular weight is 431 g/mol. The molecule has 1 aliphatic carbocycles. The highest BCUT2D eigenvalue weighted by Crippen LogP contribution is 2.48. The number of benzene rings is 2. The summed E-state index contributed by atoms with van der Waals surface area (Å²) in [7, 11) is 0. The maximum Gasteiger partial charge on any atom is 0.417 e. The highest BCUT2D eigenvalue weighted by Gasteiger charge is 2.60. The highest BCUT2D eigenvalue weighted by molar-refractivity contribution is 5.79. The van der Waals surface area contributed by atoms with Crippen LogP contribution >= 0.6 is 0 Å². The first-order valence-corrected chi connectivity index (χ1v) is 10.7. The number of alkyl halides is 3. The number of ether oxygens (including phenoxy) is 1. The van der Waals surface area contributed by atoms with Crippen LogP contribution in [0.15, 0.2) is 48.5 Å². The third-order valence-corrected chi connectivity index (χ3v) is 7.08. The highest BCUT2D eigenvalue weighted by atomic mass is 19.4. The number of hydrogen-bond donors (Lipinski definition) is 1. The van der Waals surface area contributed by atoms with Crippen molar-refractivity contribution in [1.29, 1.82) is 0 Å². The first kappa shape index (κ1) is 20.4. The molecule has 0 aromatic heterocycles. The van der Waals surface area contributed by atoms with Crippen molar-refractivity contribution >= 4 is 6.09 Å². The lowest BCUT2D eigenvalue weighted by atomic mass is 9.75. The zero-order valence-corrected chi connectivity index (χ0v) is 16.9. The molecule has 2 fully saturated rings. The molecule has 164 valence electrons. The SMILES string of the molecule is O=C(OCC1c2ccccc2-c2ccccc21)N1C2CCCC1CC(O)(C(F)(F)F)C2. The minimum Gasteiger partial charge on any atom is -0.448 e. The van der Waals surface area contributed by atoms with Crippen LogP contribution in [0.2, 0.25) is 0 Å². The first-order valence-electron chi connectivity index (χ1n) is 10.7. The van der Waals surface area contributed by atoms with Crippen molar-refractivity contribution in [2.24, 2.45) is 0 Å². The van der Waals surface area contributed by atoms with Gasteiger partial charge in [0.15, 0.2) is 5.60 Å². The molecule has 0 saturated carbocycles. The van der Waals surface area contributed by atoms with Gasteiger partial charge in [-0.2, -0.15) is 13.2 Å². The summed E-state index contributed by atoms with van der Waals surface area (Å²) >= 11 is 0. The van der Waals surface area contributed by atoms with E-state index in [9.17, 15) is 23.1 Å². The Labute approximate surface area is 178 Å². The number of nitrogens with zero attached hydrogens (tertiary/aromatic N) is 1. The van der Waals surface area contributed by atoms with Crippen LogP contribution in [0.1, 0.15) is 49.1 Å². The lowest BCUT2D eigenvalue weighted by Crippen LogP contribution is -2.64. The van der Waals surface area contributed by atoms with E-state index in [4.69, 9.17) is 4.74 Å². The summed E-state index contributed by atoms with van der Waals surface area (Å²) < 4.78 is 45.9.